The van der Waals surface area contributed by atoms with E-state index in [-0.39, 0.29) is 22.1 Å². The smallest absolute Gasteiger partial charge is 0.268 e. The molecule has 0 amide bonds. The van der Waals surface area contributed by atoms with Crippen molar-refractivity contribution in [2.45, 2.75) is 24.0 Å². The molecular weight excluding hydrogens is 273 g/mol. The Hall–Kier alpha value is -1.83. The Balaban J connectivity index is 2.46. The molecule has 0 aromatic carbocycles. The van der Waals surface area contributed by atoms with Crippen LogP contribution in [-0.4, -0.2) is 31.0 Å². The maximum Gasteiger partial charge on any atom is 0.268 e. The van der Waals surface area contributed by atoms with Crippen LogP contribution in [0.5, 0.6) is 11.8 Å². The Kier molecular flexibility index (Phi) is 2.63. The molecule has 0 aliphatic heterocycles. The molecule has 1 aliphatic rings. The molecule has 0 saturated heterocycles. The van der Waals surface area contributed by atoms with E-state index in [4.69, 9.17) is 0 Å². The topological polar surface area (TPSA) is 88.2 Å². The van der Waals surface area contributed by atoms with E-state index in [1.54, 1.807) is 6.26 Å². The lowest BCUT2D eigenvalue weighted by atomic mass is 10.2. The third-order valence-corrected chi connectivity index (χ3v) is 3.58. The molecule has 1 aliphatic carbocycles. The van der Waals surface area contributed by atoms with Gasteiger partial charge in [-0.25, -0.2) is 4.98 Å². The summed E-state index contributed by atoms with van der Waals surface area (Å²) in [4.78, 5) is 19.8. The van der Waals surface area contributed by atoms with Gasteiger partial charge in [0.25, 0.3) is 5.56 Å². The first-order valence-corrected chi connectivity index (χ1v) is 6.84. The minimum absolute atomic E-state index is 0.131. The first-order valence-electron chi connectivity index (χ1n) is 5.62. The summed E-state index contributed by atoms with van der Waals surface area (Å²) in [7, 11) is 0. The van der Waals surface area contributed by atoms with E-state index in [9.17, 15) is 19.4 Å². The van der Waals surface area contributed by atoms with Gasteiger partial charge in [0.05, 0.1) is 0 Å². The first-order chi connectivity index (χ1) is 9.04. The zero-order valence-corrected chi connectivity index (χ0v) is 10.7. The molecule has 1 fully saturated rings. The SMILES string of the molecule is CSc1nc(O)c2c(=O)n(C3CC3)c(O)c(F)c2n1. The fraction of sp³-hybridized carbons (Fsp3) is 0.364. The molecule has 3 rings (SSSR count). The quantitative estimate of drug-likeness (QED) is 0.640. The van der Waals surface area contributed by atoms with Gasteiger partial charge in [-0.3, -0.25) is 9.36 Å². The lowest BCUT2D eigenvalue weighted by Gasteiger charge is -2.10. The van der Waals surface area contributed by atoms with Gasteiger partial charge in [-0.15, -0.1) is 0 Å². The van der Waals surface area contributed by atoms with E-state index >= 15 is 0 Å². The van der Waals surface area contributed by atoms with Crippen LogP contribution in [0.1, 0.15) is 18.9 Å². The van der Waals surface area contributed by atoms with Gasteiger partial charge in [0.2, 0.25) is 17.6 Å². The zero-order chi connectivity index (χ0) is 13.7. The van der Waals surface area contributed by atoms with Crippen molar-refractivity contribution in [2.75, 3.05) is 6.26 Å². The number of aromatic hydroxyl groups is 2. The number of halogens is 1. The highest BCUT2D eigenvalue weighted by atomic mass is 32.2. The molecule has 6 nitrogen and oxygen atoms in total. The van der Waals surface area contributed by atoms with Crippen molar-refractivity contribution in [3.05, 3.63) is 16.2 Å². The molecule has 0 bridgehead atoms. The number of aromatic nitrogens is 3. The van der Waals surface area contributed by atoms with Crippen LogP contribution in [0.2, 0.25) is 0 Å². The molecule has 1 saturated carbocycles. The minimum atomic E-state index is -1.01. The predicted molar refractivity (Wildman–Crippen MR) is 67.1 cm³/mol. The second-order valence-electron chi connectivity index (χ2n) is 4.30. The number of hydrogen-bond donors (Lipinski definition) is 2. The van der Waals surface area contributed by atoms with Gasteiger partial charge in [-0.1, -0.05) is 11.8 Å². The van der Waals surface area contributed by atoms with E-state index in [1.807, 2.05) is 0 Å². The molecule has 0 spiro atoms. The van der Waals surface area contributed by atoms with E-state index in [0.717, 1.165) is 16.3 Å². The Bertz CT molecular complexity index is 742. The van der Waals surface area contributed by atoms with E-state index in [0.29, 0.717) is 12.8 Å². The maximum atomic E-state index is 14.1. The van der Waals surface area contributed by atoms with Crippen LogP contribution in [0.25, 0.3) is 10.9 Å². The van der Waals surface area contributed by atoms with Crippen molar-refractivity contribution in [3.63, 3.8) is 0 Å². The van der Waals surface area contributed by atoms with Crippen molar-refractivity contribution < 1.29 is 14.6 Å². The van der Waals surface area contributed by atoms with Gasteiger partial charge in [0.1, 0.15) is 10.9 Å². The standard InChI is InChI=1S/C11H10FN3O3S/c1-19-11-13-7-5(8(16)14-11)9(17)15(4-2-3-4)10(18)6(7)12/h4,18H,2-3H2,1H3,(H,13,14,16). The number of pyridine rings is 1. The van der Waals surface area contributed by atoms with E-state index in [1.165, 1.54) is 0 Å². The van der Waals surface area contributed by atoms with Crippen LogP contribution in [0.3, 0.4) is 0 Å². The molecule has 8 heteroatoms. The Labute approximate surface area is 110 Å². The summed E-state index contributed by atoms with van der Waals surface area (Å²) in [5.74, 6) is -2.30. The summed E-state index contributed by atoms with van der Waals surface area (Å²) in [6, 6.07) is -0.217. The van der Waals surface area contributed by atoms with Gasteiger partial charge in [-0.2, -0.15) is 9.37 Å². The fourth-order valence-corrected chi connectivity index (χ4v) is 2.34. The average Bonchev–Trinajstić information content (AvgIpc) is 3.19. The molecular formula is C11H10FN3O3S. The molecule has 19 heavy (non-hydrogen) atoms. The summed E-state index contributed by atoms with van der Waals surface area (Å²) in [6.45, 7) is 0. The molecule has 0 unspecified atom stereocenters. The summed E-state index contributed by atoms with van der Waals surface area (Å²) in [6.07, 6.45) is 3.05. The van der Waals surface area contributed by atoms with Crippen molar-refractivity contribution in [1.82, 2.24) is 14.5 Å². The summed E-state index contributed by atoms with van der Waals surface area (Å²) in [5, 5.41) is 19.4. The molecule has 0 radical (unpaired) electrons. The van der Waals surface area contributed by atoms with Crippen molar-refractivity contribution in [1.29, 1.82) is 0 Å². The van der Waals surface area contributed by atoms with Crippen LogP contribution >= 0.6 is 11.8 Å². The highest BCUT2D eigenvalue weighted by Gasteiger charge is 2.31. The highest BCUT2D eigenvalue weighted by molar-refractivity contribution is 7.98. The lowest BCUT2D eigenvalue weighted by molar-refractivity contribution is 0.373. The van der Waals surface area contributed by atoms with E-state index in [2.05, 4.69) is 9.97 Å². The molecule has 2 N–H and O–H groups in total. The summed E-state index contributed by atoms with van der Waals surface area (Å²) < 4.78 is 15.1. The van der Waals surface area contributed by atoms with Crippen LogP contribution in [0.4, 0.5) is 4.39 Å². The Morgan fingerprint density at radius 1 is 1.37 bits per heavy atom. The number of fused-ring (bicyclic) bond motifs is 1. The van der Waals surface area contributed by atoms with Gasteiger partial charge < -0.3 is 10.2 Å². The number of rotatable bonds is 2. The Morgan fingerprint density at radius 3 is 2.63 bits per heavy atom. The molecule has 0 atom stereocenters. The molecule has 2 aromatic heterocycles. The molecule has 2 aromatic rings. The molecule has 100 valence electrons. The molecule has 2 heterocycles. The number of thioether (sulfide) groups is 1. The summed E-state index contributed by atoms with van der Waals surface area (Å²) in [5.41, 5.74) is -1.02. The second-order valence-corrected chi connectivity index (χ2v) is 5.07. The zero-order valence-electron chi connectivity index (χ0n) is 9.92. The van der Waals surface area contributed by atoms with Crippen molar-refractivity contribution in [3.8, 4) is 11.8 Å². The van der Waals surface area contributed by atoms with Gasteiger partial charge in [0.15, 0.2) is 5.16 Å². The maximum absolute atomic E-state index is 14.1. The third kappa shape index (κ3) is 1.74. The van der Waals surface area contributed by atoms with Crippen LogP contribution in [-0.2, 0) is 0 Å². The average molecular weight is 283 g/mol. The van der Waals surface area contributed by atoms with Gasteiger partial charge in [-0.05, 0) is 19.1 Å². The van der Waals surface area contributed by atoms with E-state index < -0.39 is 23.1 Å². The predicted octanol–water partition coefficient (Wildman–Crippen LogP) is 1.40. The number of hydrogen-bond acceptors (Lipinski definition) is 6. The number of nitrogens with zero attached hydrogens (tertiary/aromatic N) is 3. The highest BCUT2D eigenvalue weighted by Crippen LogP contribution is 2.38. The largest absolute Gasteiger partial charge is 0.493 e. The van der Waals surface area contributed by atoms with Crippen LogP contribution in [0.15, 0.2) is 9.95 Å². The Morgan fingerprint density at radius 2 is 2.05 bits per heavy atom. The minimum Gasteiger partial charge on any atom is -0.493 e. The third-order valence-electron chi connectivity index (χ3n) is 3.03. The van der Waals surface area contributed by atoms with Crippen LogP contribution in [0, 0.1) is 5.82 Å². The monoisotopic (exact) mass is 283 g/mol. The first kappa shape index (κ1) is 12.2. The van der Waals surface area contributed by atoms with Gasteiger partial charge in [0, 0.05) is 6.04 Å². The van der Waals surface area contributed by atoms with Gasteiger partial charge >= 0.3 is 0 Å². The summed E-state index contributed by atoms with van der Waals surface area (Å²) >= 11 is 1.10. The normalized spacial score (nSPS) is 15.1. The van der Waals surface area contributed by atoms with Crippen molar-refractivity contribution in [2.24, 2.45) is 0 Å². The van der Waals surface area contributed by atoms with Crippen LogP contribution < -0.4 is 5.56 Å². The van der Waals surface area contributed by atoms with Crippen molar-refractivity contribution >= 4 is 22.7 Å². The second kappa shape index (κ2) is 4.09. The lowest BCUT2D eigenvalue weighted by Crippen LogP contribution is -2.21. The fourth-order valence-electron chi connectivity index (χ4n) is 1.98.